The van der Waals surface area contributed by atoms with Gasteiger partial charge in [0.2, 0.25) is 0 Å². The lowest BCUT2D eigenvalue weighted by molar-refractivity contribution is 0.627. The minimum Gasteiger partial charge on any atom is -0.207 e. The van der Waals surface area contributed by atoms with Gasteiger partial charge >= 0.3 is 0 Å². The average molecular weight is 250 g/mol. The fourth-order valence-corrected chi connectivity index (χ4v) is 1.68. The fraction of sp³-hybridized carbons (Fsp3) is 0. The number of nitriles is 1. The summed E-state index contributed by atoms with van der Waals surface area (Å²) in [6.45, 7) is 0. The van der Waals surface area contributed by atoms with E-state index in [-0.39, 0.29) is 10.6 Å². The standard InChI is InChI=1S/C13H6ClF2N/c14-12-6-9(1-2-13(12)16)10-3-8(7-17)4-11(15)5-10/h1-6H. The van der Waals surface area contributed by atoms with Gasteiger partial charge in [0, 0.05) is 0 Å². The summed E-state index contributed by atoms with van der Waals surface area (Å²) in [6.07, 6.45) is 0. The van der Waals surface area contributed by atoms with Crippen molar-refractivity contribution < 1.29 is 8.78 Å². The fourth-order valence-electron chi connectivity index (χ4n) is 1.50. The van der Waals surface area contributed by atoms with Crippen molar-refractivity contribution in [3.05, 3.63) is 58.6 Å². The molecule has 2 rings (SSSR count). The molecule has 0 N–H and O–H groups in total. The molecule has 0 aliphatic carbocycles. The van der Waals surface area contributed by atoms with E-state index >= 15 is 0 Å². The number of halogens is 3. The molecule has 4 heteroatoms. The van der Waals surface area contributed by atoms with Crippen LogP contribution in [0.2, 0.25) is 5.02 Å². The lowest BCUT2D eigenvalue weighted by Gasteiger charge is -2.04. The van der Waals surface area contributed by atoms with E-state index in [0.717, 1.165) is 6.07 Å². The Hall–Kier alpha value is -1.92. The Labute approximate surface area is 102 Å². The van der Waals surface area contributed by atoms with Crippen LogP contribution in [0.15, 0.2) is 36.4 Å². The molecule has 2 aromatic carbocycles. The van der Waals surface area contributed by atoms with Gasteiger partial charge in [0.25, 0.3) is 0 Å². The molecule has 0 heterocycles. The molecule has 17 heavy (non-hydrogen) atoms. The molecule has 1 nitrogen and oxygen atoms in total. The molecule has 0 aromatic heterocycles. The normalized spacial score (nSPS) is 10.0. The zero-order valence-corrected chi connectivity index (χ0v) is 9.30. The molecule has 0 spiro atoms. The summed E-state index contributed by atoms with van der Waals surface area (Å²) >= 11 is 5.64. The van der Waals surface area contributed by atoms with Crippen LogP contribution in [0, 0.1) is 23.0 Å². The van der Waals surface area contributed by atoms with Crippen LogP contribution in [0.5, 0.6) is 0 Å². The van der Waals surface area contributed by atoms with E-state index in [4.69, 9.17) is 16.9 Å². The molecule has 0 fully saturated rings. The maximum Gasteiger partial charge on any atom is 0.141 e. The number of rotatable bonds is 1. The highest BCUT2D eigenvalue weighted by Crippen LogP contribution is 2.26. The van der Waals surface area contributed by atoms with Gasteiger partial charge < -0.3 is 0 Å². The maximum absolute atomic E-state index is 13.2. The van der Waals surface area contributed by atoms with Gasteiger partial charge in [-0.2, -0.15) is 5.26 Å². The minimum absolute atomic E-state index is 0.0368. The number of benzene rings is 2. The van der Waals surface area contributed by atoms with Crippen molar-refractivity contribution in [2.24, 2.45) is 0 Å². The SMILES string of the molecule is N#Cc1cc(F)cc(-c2ccc(F)c(Cl)c2)c1. The first-order chi connectivity index (χ1) is 8.10. The summed E-state index contributed by atoms with van der Waals surface area (Å²) in [6, 6.07) is 9.86. The van der Waals surface area contributed by atoms with E-state index in [9.17, 15) is 8.78 Å². The summed E-state index contributed by atoms with van der Waals surface area (Å²) in [5.74, 6) is -1.05. The van der Waals surface area contributed by atoms with Gasteiger partial charge in [-0.15, -0.1) is 0 Å². The van der Waals surface area contributed by atoms with E-state index in [2.05, 4.69) is 0 Å². The van der Waals surface area contributed by atoms with Crippen LogP contribution < -0.4 is 0 Å². The summed E-state index contributed by atoms with van der Waals surface area (Å²) in [5, 5.41) is 8.69. The molecule has 0 unspecified atom stereocenters. The van der Waals surface area contributed by atoms with Gasteiger partial charge in [0.05, 0.1) is 16.7 Å². The highest BCUT2D eigenvalue weighted by molar-refractivity contribution is 6.31. The van der Waals surface area contributed by atoms with Gasteiger partial charge in [0.15, 0.2) is 0 Å². The van der Waals surface area contributed by atoms with Crippen molar-refractivity contribution in [3.63, 3.8) is 0 Å². The van der Waals surface area contributed by atoms with Crippen molar-refractivity contribution >= 4 is 11.6 Å². The molecule has 0 saturated carbocycles. The van der Waals surface area contributed by atoms with Crippen molar-refractivity contribution in [2.75, 3.05) is 0 Å². The van der Waals surface area contributed by atoms with Gasteiger partial charge in [-0.1, -0.05) is 17.7 Å². The van der Waals surface area contributed by atoms with Crippen molar-refractivity contribution in [1.29, 1.82) is 5.26 Å². The van der Waals surface area contributed by atoms with Crippen LogP contribution in [0.1, 0.15) is 5.56 Å². The lowest BCUT2D eigenvalue weighted by atomic mass is 10.0. The predicted octanol–water partition coefficient (Wildman–Crippen LogP) is 4.16. The maximum atomic E-state index is 13.2. The highest BCUT2D eigenvalue weighted by Gasteiger charge is 2.06. The molecule has 0 atom stereocenters. The van der Waals surface area contributed by atoms with Gasteiger partial charge in [-0.05, 0) is 41.5 Å². The Kier molecular flexibility index (Phi) is 3.08. The molecular weight excluding hydrogens is 244 g/mol. The van der Waals surface area contributed by atoms with Crippen LogP contribution in [-0.4, -0.2) is 0 Å². The molecule has 0 saturated heterocycles. The second-order valence-electron chi connectivity index (χ2n) is 3.47. The largest absolute Gasteiger partial charge is 0.207 e. The van der Waals surface area contributed by atoms with E-state index in [1.807, 2.05) is 6.07 Å². The Morgan fingerprint density at radius 2 is 1.76 bits per heavy atom. The summed E-state index contributed by atoms with van der Waals surface area (Å²) < 4.78 is 26.2. The molecule has 0 aliphatic heterocycles. The third-order valence-corrected chi connectivity index (χ3v) is 2.57. The van der Waals surface area contributed by atoms with Crippen molar-refractivity contribution in [1.82, 2.24) is 0 Å². The second kappa shape index (κ2) is 4.52. The van der Waals surface area contributed by atoms with E-state index in [0.29, 0.717) is 11.1 Å². The molecular formula is C13H6ClF2N. The molecule has 0 bridgehead atoms. The molecule has 2 aromatic rings. The third-order valence-electron chi connectivity index (χ3n) is 2.28. The summed E-state index contributed by atoms with van der Waals surface area (Å²) in [7, 11) is 0. The first-order valence-electron chi connectivity index (χ1n) is 4.76. The minimum atomic E-state index is -0.535. The second-order valence-corrected chi connectivity index (χ2v) is 3.88. The van der Waals surface area contributed by atoms with E-state index in [1.165, 1.54) is 30.3 Å². The first-order valence-corrected chi connectivity index (χ1v) is 5.14. The number of nitrogens with zero attached hydrogens (tertiary/aromatic N) is 1. The predicted molar refractivity (Wildman–Crippen MR) is 61.5 cm³/mol. The smallest absolute Gasteiger partial charge is 0.141 e. The topological polar surface area (TPSA) is 23.8 Å². The quantitative estimate of drug-likeness (QED) is 0.745. The lowest BCUT2D eigenvalue weighted by Crippen LogP contribution is -1.85. The van der Waals surface area contributed by atoms with Crippen LogP contribution in [0.25, 0.3) is 11.1 Å². The average Bonchev–Trinajstić information content (AvgIpc) is 2.32. The highest BCUT2D eigenvalue weighted by atomic mass is 35.5. The van der Waals surface area contributed by atoms with E-state index in [1.54, 1.807) is 0 Å². The molecule has 0 aliphatic rings. The monoisotopic (exact) mass is 249 g/mol. The zero-order valence-electron chi connectivity index (χ0n) is 8.55. The Bertz CT molecular complexity index is 617. The molecule has 0 radical (unpaired) electrons. The van der Waals surface area contributed by atoms with E-state index < -0.39 is 11.6 Å². The van der Waals surface area contributed by atoms with Crippen LogP contribution in [-0.2, 0) is 0 Å². The van der Waals surface area contributed by atoms with Crippen LogP contribution in [0.4, 0.5) is 8.78 Å². The third kappa shape index (κ3) is 2.43. The van der Waals surface area contributed by atoms with Gasteiger partial charge in [0.1, 0.15) is 11.6 Å². The van der Waals surface area contributed by atoms with Crippen molar-refractivity contribution in [2.45, 2.75) is 0 Å². The summed E-state index contributed by atoms with van der Waals surface area (Å²) in [4.78, 5) is 0. The van der Waals surface area contributed by atoms with Crippen LogP contribution in [0.3, 0.4) is 0 Å². The van der Waals surface area contributed by atoms with Crippen LogP contribution >= 0.6 is 11.6 Å². The Morgan fingerprint density at radius 1 is 1.00 bits per heavy atom. The van der Waals surface area contributed by atoms with Crippen molar-refractivity contribution in [3.8, 4) is 17.2 Å². The number of hydrogen-bond donors (Lipinski definition) is 0. The van der Waals surface area contributed by atoms with Gasteiger partial charge in [-0.25, -0.2) is 8.78 Å². The summed E-state index contributed by atoms with van der Waals surface area (Å²) in [5.41, 5.74) is 1.26. The zero-order chi connectivity index (χ0) is 12.4. The Morgan fingerprint density at radius 3 is 2.41 bits per heavy atom. The molecule has 0 amide bonds. The van der Waals surface area contributed by atoms with Gasteiger partial charge in [-0.3, -0.25) is 0 Å². The Balaban J connectivity index is 2.56. The number of hydrogen-bond acceptors (Lipinski definition) is 1. The first kappa shape index (κ1) is 11.6. The molecule has 84 valence electrons.